The van der Waals surface area contributed by atoms with E-state index in [0.717, 1.165) is 0 Å². The van der Waals surface area contributed by atoms with Crippen molar-refractivity contribution >= 4 is 29.2 Å². The SMILES string of the molecule is COc1ccc(OC)c(C(=O)Oc2ccc(Cl)cc2Cl)c1. The van der Waals surface area contributed by atoms with Crippen molar-refractivity contribution in [3.8, 4) is 17.2 Å². The Morgan fingerprint density at radius 2 is 1.67 bits per heavy atom. The molecule has 0 N–H and O–H groups in total. The maximum atomic E-state index is 12.2. The summed E-state index contributed by atoms with van der Waals surface area (Å²) in [6.07, 6.45) is 0. The van der Waals surface area contributed by atoms with Gasteiger partial charge in [0.15, 0.2) is 0 Å². The molecule has 0 heterocycles. The summed E-state index contributed by atoms with van der Waals surface area (Å²) in [5.41, 5.74) is 0.239. The van der Waals surface area contributed by atoms with E-state index in [4.69, 9.17) is 37.4 Å². The molecule has 2 rings (SSSR count). The van der Waals surface area contributed by atoms with E-state index in [1.54, 1.807) is 18.2 Å². The summed E-state index contributed by atoms with van der Waals surface area (Å²) in [5, 5.41) is 0.705. The van der Waals surface area contributed by atoms with E-state index < -0.39 is 5.97 Å². The fourth-order valence-corrected chi connectivity index (χ4v) is 2.13. The topological polar surface area (TPSA) is 44.8 Å². The van der Waals surface area contributed by atoms with Gasteiger partial charge in [0.05, 0.1) is 19.2 Å². The number of halogens is 2. The largest absolute Gasteiger partial charge is 0.497 e. The van der Waals surface area contributed by atoms with Gasteiger partial charge in [-0.1, -0.05) is 23.2 Å². The molecule has 110 valence electrons. The Morgan fingerprint density at radius 1 is 0.952 bits per heavy atom. The van der Waals surface area contributed by atoms with Crippen LogP contribution >= 0.6 is 23.2 Å². The van der Waals surface area contributed by atoms with Crippen LogP contribution in [0.5, 0.6) is 17.2 Å². The Kier molecular flexibility index (Phi) is 4.94. The molecule has 4 nitrogen and oxygen atoms in total. The monoisotopic (exact) mass is 326 g/mol. The molecule has 21 heavy (non-hydrogen) atoms. The van der Waals surface area contributed by atoms with Crippen molar-refractivity contribution < 1.29 is 19.0 Å². The summed E-state index contributed by atoms with van der Waals surface area (Å²) >= 11 is 11.8. The smallest absolute Gasteiger partial charge is 0.347 e. The van der Waals surface area contributed by atoms with E-state index in [1.807, 2.05) is 0 Å². The van der Waals surface area contributed by atoms with Crippen molar-refractivity contribution in [3.05, 3.63) is 52.0 Å². The first kappa shape index (κ1) is 15.5. The van der Waals surface area contributed by atoms with Crippen LogP contribution in [0.25, 0.3) is 0 Å². The van der Waals surface area contributed by atoms with Crippen LogP contribution < -0.4 is 14.2 Å². The Balaban J connectivity index is 2.31. The van der Waals surface area contributed by atoms with Gasteiger partial charge >= 0.3 is 5.97 Å². The number of carbonyl (C=O) groups is 1. The third-order valence-corrected chi connectivity index (χ3v) is 3.25. The molecule has 0 saturated heterocycles. The lowest BCUT2D eigenvalue weighted by atomic mass is 10.2. The molecule has 2 aromatic rings. The van der Waals surface area contributed by atoms with Crippen LogP contribution in [-0.2, 0) is 0 Å². The number of rotatable bonds is 4. The number of esters is 1. The third-order valence-electron chi connectivity index (χ3n) is 2.72. The van der Waals surface area contributed by atoms with Crippen molar-refractivity contribution in [1.29, 1.82) is 0 Å². The van der Waals surface area contributed by atoms with Crippen molar-refractivity contribution in [1.82, 2.24) is 0 Å². The average molecular weight is 327 g/mol. The first-order valence-corrected chi connectivity index (χ1v) is 6.70. The minimum atomic E-state index is -0.602. The van der Waals surface area contributed by atoms with E-state index >= 15 is 0 Å². The minimum Gasteiger partial charge on any atom is -0.497 e. The highest BCUT2D eigenvalue weighted by Crippen LogP contribution is 2.30. The number of benzene rings is 2. The second-order valence-electron chi connectivity index (χ2n) is 4.03. The lowest BCUT2D eigenvalue weighted by Gasteiger charge is -2.11. The molecule has 0 aromatic heterocycles. The summed E-state index contributed by atoms with van der Waals surface area (Å²) < 4.78 is 15.5. The summed E-state index contributed by atoms with van der Waals surface area (Å²) in [6, 6.07) is 9.44. The Labute approximate surface area is 132 Å². The molecule has 0 amide bonds. The first-order valence-electron chi connectivity index (χ1n) is 5.94. The van der Waals surface area contributed by atoms with Gasteiger partial charge in [0.2, 0.25) is 0 Å². The van der Waals surface area contributed by atoms with Gasteiger partial charge in [0.25, 0.3) is 0 Å². The molecule has 0 fully saturated rings. The molecule has 0 spiro atoms. The van der Waals surface area contributed by atoms with Crippen LogP contribution in [0.15, 0.2) is 36.4 Å². The maximum Gasteiger partial charge on any atom is 0.347 e. The van der Waals surface area contributed by atoms with Gasteiger partial charge in [0, 0.05) is 5.02 Å². The van der Waals surface area contributed by atoms with Crippen molar-refractivity contribution in [3.63, 3.8) is 0 Å². The van der Waals surface area contributed by atoms with E-state index in [2.05, 4.69) is 0 Å². The number of methoxy groups -OCH3 is 2. The standard InChI is InChI=1S/C15H12Cl2O4/c1-19-10-4-6-13(20-2)11(8-10)15(18)21-14-5-3-9(16)7-12(14)17/h3-8H,1-2H3. The first-order chi connectivity index (χ1) is 10.0. The lowest BCUT2D eigenvalue weighted by molar-refractivity contribution is 0.0731. The predicted molar refractivity (Wildman–Crippen MR) is 81.0 cm³/mol. The molecule has 6 heteroatoms. The number of carbonyl (C=O) groups excluding carboxylic acids is 1. The second kappa shape index (κ2) is 6.70. The fourth-order valence-electron chi connectivity index (χ4n) is 1.69. The molecule has 0 aliphatic carbocycles. The Morgan fingerprint density at radius 3 is 2.29 bits per heavy atom. The molecule has 0 aliphatic heterocycles. The zero-order valence-electron chi connectivity index (χ0n) is 11.4. The molecule has 0 saturated carbocycles. The minimum absolute atomic E-state index is 0.218. The van der Waals surface area contributed by atoms with Crippen LogP contribution in [0.1, 0.15) is 10.4 Å². The molecule has 0 radical (unpaired) electrons. The van der Waals surface area contributed by atoms with Crippen LogP contribution in [0.4, 0.5) is 0 Å². The van der Waals surface area contributed by atoms with E-state index in [-0.39, 0.29) is 16.3 Å². The molecular weight excluding hydrogens is 315 g/mol. The van der Waals surface area contributed by atoms with Gasteiger partial charge in [0.1, 0.15) is 22.8 Å². The van der Waals surface area contributed by atoms with Crippen molar-refractivity contribution in [2.75, 3.05) is 14.2 Å². The van der Waals surface area contributed by atoms with Crippen molar-refractivity contribution in [2.45, 2.75) is 0 Å². The summed E-state index contributed by atoms with van der Waals surface area (Å²) in [4.78, 5) is 12.2. The van der Waals surface area contributed by atoms with Crippen LogP contribution in [0, 0.1) is 0 Å². The van der Waals surface area contributed by atoms with Gasteiger partial charge in [-0.2, -0.15) is 0 Å². The number of ether oxygens (including phenoxy) is 3. The van der Waals surface area contributed by atoms with E-state index in [0.29, 0.717) is 16.5 Å². The number of hydrogen-bond donors (Lipinski definition) is 0. The highest BCUT2D eigenvalue weighted by atomic mass is 35.5. The van der Waals surface area contributed by atoms with Gasteiger partial charge < -0.3 is 14.2 Å². The van der Waals surface area contributed by atoms with Gasteiger partial charge in [-0.3, -0.25) is 0 Å². The Bertz CT molecular complexity index is 671. The van der Waals surface area contributed by atoms with E-state index in [9.17, 15) is 4.79 Å². The van der Waals surface area contributed by atoms with Crippen molar-refractivity contribution in [2.24, 2.45) is 0 Å². The maximum absolute atomic E-state index is 12.2. The molecule has 0 unspecified atom stereocenters. The van der Waals surface area contributed by atoms with Gasteiger partial charge in [-0.15, -0.1) is 0 Å². The molecule has 2 aromatic carbocycles. The van der Waals surface area contributed by atoms with Crippen LogP contribution in [0.2, 0.25) is 10.0 Å². The zero-order valence-corrected chi connectivity index (χ0v) is 12.9. The highest BCUT2D eigenvalue weighted by molar-refractivity contribution is 6.35. The average Bonchev–Trinajstić information content (AvgIpc) is 2.49. The normalized spacial score (nSPS) is 10.1. The van der Waals surface area contributed by atoms with Gasteiger partial charge in [-0.05, 0) is 36.4 Å². The van der Waals surface area contributed by atoms with Crippen LogP contribution in [-0.4, -0.2) is 20.2 Å². The van der Waals surface area contributed by atoms with E-state index in [1.165, 1.54) is 32.4 Å². The molecule has 0 atom stereocenters. The zero-order chi connectivity index (χ0) is 15.4. The predicted octanol–water partition coefficient (Wildman–Crippen LogP) is 4.23. The quantitative estimate of drug-likeness (QED) is 0.623. The summed E-state index contributed by atoms with van der Waals surface area (Å²) in [6.45, 7) is 0. The summed E-state index contributed by atoms with van der Waals surface area (Å²) in [7, 11) is 2.97. The fraction of sp³-hybridized carbons (Fsp3) is 0.133. The lowest BCUT2D eigenvalue weighted by Crippen LogP contribution is -2.10. The third kappa shape index (κ3) is 3.60. The molecular formula is C15H12Cl2O4. The van der Waals surface area contributed by atoms with Gasteiger partial charge in [-0.25, -0.2) is 4.79 Å². The molecule has 0 bridgehead atoms. The summed E-state index contributed by atoms with van der Waals surface area (Å²) in [5.74, 6) is 0.516. The van der Waals surface area contributed by atoms with Crippen LogP contribution in [0.3, 0.4) is 0 Å². The molecule has 0 aliphatic rings. The highest BCUT2D eigenvalue weighted by Gasteiger charge is 2.17. The number of hydrogen-bond acceptors (Lipinski definition) is 4. The Hall–Kier alpha value is -1.91. The second-order valence-corrected chi connectivity index (χ2v) is 4.87.